The average Bonchev–Trinajstić information content (AvgIpc) is 3.20. The number of carbonyl (C=O) groups excluding carboxylic acids is 1. The minimum absolute atomic E-state index is 0.0231. The molecule has 4 aromatic rings. The van der Waals surface area contributed by atoms with E-state index in [0.717, 1.165) is 25.0 Å². The fourth-order valence-electron chi connectivity index (χ4n) is 3.07. The van der Waals surface area contributed by atoms with E-state index in [1.54, 1.807) is 42.5 Å². The lowest BCUT2D eigenvalue weighted by Crippen LogP contribution is -2.12. The second-order valence-corrected chi connectivity index (χ2v) is 7.54. The predicted molar refractivity (Wildman–Crippen MR) is 119 cm³/mol. The van der Waals surface area contributed by atoms with E-state index in [1.165, 1.54) is 0 Å². The standard InChI is InChI=1S/C24H19ClF2N2O3/c1-2-3-9-31-16-6-4-5-14(10-16)23(30)28-15-7-8-22-21(11-15)29-24(32-22)17-12-19(26)20(27)13-18(17)25/h4-8,10-13H,2-3,9H2,1H3,(H,28,30). The van der Waals surface area contributed by atoms with Gasteiger partial charge in [0, 0.05) is 11.3 Å². The van der Waals surface area contributed by atoms with E-state index in [-0.39, 0.29) is 22.4 Å². The third kappa shape index (κ3) is 4.73. The number of carbonyl (C=O) groups is 1. The van der Waals surface area contributed by atoms with Crippen LogP contribution in [-0.2, 0) is 0 Å². The second kappa shape index (κ2) is 9.36. The van der Waals surface area contributed by atoms with Crippen molar-refractivity contribution < 1.29 is 22.7 Å². The molecular weight excluding hydrogens is 438 g/mol. The number of oxazole rings is 1. The zero-order valence-electron chi connectivity index (χ0n) is 17.1. The minimum atomic E-state index is -1.06. The van der Waals surface area contributed by atoms with Gasteiger partial charge in [-0.1, -0.05) is 31.0 Å². The molecule has 0 radical (unpaired) electrons. The summed E-state index contributed by atoms with van der Waals surface area (Å²) in [6.45, 7) is 2.67. The lowest BCUT2D eigenvalue weighted by atomic mass is 10.2. The number of hydrogen-bond donors (Lipinski definition) is 1. The van der Waals surface area contributed by atoms with Gasteiger partial charge in [-0.05, 0) is 55.0 Å². The molecule has 0 saturated heterocycles. The van der Waals surface area contributed by atoms with Crippen LogP contribution in [0.4, 0.5) is 14.5 Å². The number of benzene rings is 3. The Hall–Kier alpha value is -3.45. The first-order chi connectivity index (χ1) is 15.4. The number of anilines is 1. The summed E-state index contributed by atoms with van der Waals surface area (Å²) < 4.78 is 38.2. The van der Waals surface area contributed by atoms with Gasteiger partial charge in [0.05, 0.1) is 17.2 Å². The van der Waals surface area contributed by atoms with Gasteiger partial charge < -0.3 is 14.5 Å². The molecule has 8 heteroatoms. The highest BCUT2D eigenvalue weighted by Crippen LogP contribution is 2.32. The number of nitrogens with zero attached hydrogens (tertiary/aromatic N) is 1. The fraction of sp³-hybridized carbons (Fsp3) is 0.167. The SMILES string of the molecule is CCCCOc1cccc(C(=O)Nc2ccc3oc(-c4cc(F)c(F)cc4Cl)nc3c2)c1. The summed E-state index contributed by atoms with van der Waals surface area (Å²) in [5.41, 5.74) is 1.91. The van der Waals surface area contributed by atoms with Crippen molar-refractivity contribution >= 4 is 34.3 Å². The Morgan fingerprint density at radius 3 is 2.75 bits per heavy atom. The van der Waals surface area contributed by atoms with E-state index in [1.807, 2.05) is 0 Å². The number of rotatable bonds is 7. The largest absolute Gasteiger partial charge is 0.494 e. The van der Waals surface area contributed by atoms with Gasteiger partial charge in [0.2, 0.25) is 5.89 Å². The Balaban J connectivity index is 1.54. The van der Waals surface area contributed by atoms with E-state index in [2.05, 4.69) is 17.2 Å². The van der Waals surface area contributed by atoms with Crippen LogP contribution in [0.5, 0.6) is 5.75 Å². The fourth-order valence-corrected chi connectivity index (χ4v) is 3.30. The Morgan fingerprint density at radius 2 is 1.94 bits per heavy atom. The number of unbranched alkanes of at least 4 members (excludes halogenated alkanes) is 1. The van der Waals surface area contributed by atoms with Gasteiger partial charge >= 0.3 is 0 Å². The van der Waals surface area contributed by atoms with Gasteiger partial charge in [-0.2, -0.15) is 0 Å². The molecule has 1 aromatic heterocycles. The van der Waals surface area contributed by atoms with Gasteiger partial charge in [0.1, 0.15) is 11.3 Å². The van der Waals surface area contributed by atoms with Crippen molar-refractivity contribution in [1.29, 1.82) is 0 Å². The number of nitrogens with one attached hydrogen (secondary N) is 1. The molecule has 164 valence electrons. The molecule has 0 fully saturated rings. The van der Waals surface area contributed by atoms with E-state index >= 15 is 0 Å². The molecule has 1 amide bonds. The Bertz CT molecular complexity index is 1290. The van der Waals surface area contributed by atoms with Crippen LogP contribution >= 0.6 is 11.6 Å². The minimum Gasteiger partial charge on any atom is -0.494 e. The van der Waals surface area contributed by atoms with Gasteiger partial charge in [-0.3, -0.25) is 4.79 Å². The normalized spacial score (nSPS) is 11.0. The summed E-state index contributed by atoms with van der Waals surface area (Å²) in [5.74, 6) is -1.74. The molecule has 0 aliphatic rings. The average molecular weight is 457 g/mol. The molecule has 5 nitrogen and oxygen atoms in total. The maximum absolute atomic E-state index is 13.6. The van der Waals surface area contributed by atoms with Crippen molar-refractivity contribution in [2.75, 3.05) is 11.9 Å². The molecule has 3 aromatic carbocycles. The first-order valence-corrected chi connectivity index (χ1v) is 10.4. The molecule has 32 heavy (non-hydrogen) atoms. The summed E-state index contributed by atoms with van der Waals surface area (Å²) >= 11 is 6.01. The van der Waals surface area contributed by atoms with Gasteiger partial charge in [0.25, 0.3) is 5.91 Å². The number of amides is 1. The topological polar surface area (TPSA) is 64.4 Å². The molecule has 1 heterocycles. The van der Waals surface area contributed by atoms with Crippen molar-refractivity contribution in [3.8, 4) is 17.2 Å². The number of ether oxygens (including phenoxy) is 1. The molecule has 0 aliphatic heterocycles. The Labute approximate surface area is 188 Å². The number of halogens is 3. The van der Waals surface area contributed by atoms with E-state index < -0.39 is 11.6 Å². The van der Waals surface area contributed by atoms with Crippen LogP contribution < -0.4 is 10.1 Å². The molecule has 0 aliphatic carbocycles. The summed E-state index contributed by atoms with van der Waals surface area (Å²) in [6, 6.07) is 13.6. The van der Waals surface area contributed by atoms with Crippen molar-refractivity contribution in [2.45, 2.75) is 19.8 Å². The molecule has 0 unspecified atom stereocenters. The smallest absolute Gasteiger partial charge is 0.255 e. The van der Waals surface area contributed by atoms with Gasteiger partial charge in [-0.15, -0.1) is 0 Å². The highest BCUT2D eigenvalue weighted by atomic mass is 35.5. The third-order valence-electron chi connectivity index (χ3n) is 4.75. The maximum Gasteiger partial charge on any atom is 0.255 e. The molecule has 1 N–H and O–H groups in total. The number of fused-ring (bicyclic) bond motifs is 1. The van der Waals surface area contributed by atoms with Crippen molar-refractivity contribution in [3.63, 3.8) is 0 Å². The zero-order valence-corrected chi connectivity index (χ0v) is 17.9. The van der Waals surface area contributed by atoms with Crippen LogP contribution in [0.15, 0.2) is 59.0 Å². The highest BCUT2D eigenvalue weighted by Gasteiger charge is 2.16. The van der Waals surface area contributed by atoms with Crippen LogP contribution in [0.1, 0.15) is 30.1 Å². The van der Waals surface area contributed by atoms with E-state index in [4.69, 9.17) is 20.8 Å². The number of aromatic nitrogens is 1. The zero-order chi connectivity index (χ0) is 22.7. The van der Waals surface area contributed by atoms with Crippen LogP contribution in [0.25, 0.3) is 22.6 Å². The van der Waals surface area contributed by atoms with E-state index in [9.17, 15) is 13.6 Å². The molecular formula is C24H19ClF2N2O3. The van der Waals surface area contributed by atoms with Crippen molar-refractivity contribution in [2.24, 2.45) is 0 Å². The van der Waals surface area contributed by atoms with Crippen LogP contribution in [-0.4, -0.2) is 17.5 Å². The molecule has 4 rings (SSSR count). The van der Waals surface area contributed by atoms with Gasteiger partial charge in [0.15, 0.2) is 17.2 Å². The predicted octanol–water partition coefficient (Wildman–Crippen LogP) is 6.86. The Morgan fingerprint density at radius 1 is 1.12 bits per heavy atom. The first kappa shape index (κ1) is 21.8. The molecule has 0 bridgehead atoms. The van der Waals surface area contributed by atoms with Crippen molar-refractivity contribution in [1.82, 2.24) is 4.98 Å². The maximum atomic E-state index is 13.6. The van der Waals surface area contributed by atoms with Crippen LogP contribution in [0.2, 0.25) is 5.02 Å². The first-order valence-electron chi connectivity index (χ1n) is 10.0. The molecule has 0 saturated carbocycles. The lowest BCUT2D eigenvalue weighted by molar-refractivity contribution is 0.102. The number of hydrogen-bond acceptors (Lipinski definition) is 4. The second-order valence-electron chi connectivity index (χ2n) is 7.13. The summed E-state index contributed by atoms with van der Waals surface area (Å²) in [4.78, 5) is 17.0. The summed E-state index contributed by atoms with van der Waals surface area (Å²) in [5, 5.41) is 2.79. The van der Waals surface area contributed by atoms with Gasteiger partial charge in [-0.25, -0.2) is 13.8 Å². The van der Waals surface area contributed by atoms with Crippen LogP contribution in [0, 0.1) is 11.6 Å². The summed E-state index contributed by atoms with van der Waals surface area (Å²) in [7, 11) is 0. The van der Waals surface area contributed by atoms with Crippen LogP contribution in [0.3, 0.4) is 0 Å². The van der Waals surface area contributed by atoms with Crippen molar-refractivity contribution in [3.05, 3.63) is 76.8 Å². The molecule has 0 atom stereocenters. The van der Waals surface area contributed by atoms with E-state index in [0.29, 0.717) is 34.7 Å². The molecule has 0 spiro atoms. The highest BCUT2D eigenvalue weighted by molar-refractivity contribution is 6.33. The quantitative estimate of drug-likeness (QED) is 0.244. The monoisotopic (exact) mass is 456 g/mol. The third-order valence-corrected chi connectivity index (χ3v) is 5.06. The lowest BCUT2D eigenvalue weighted by Gasteiger charge is -2.08. The Kier molecular flexibility index (Phi) is 6.37. The summed E-state index contributed by atoms with van der Waals surface area (Å²) in [6.07, 6.45) is 1.96.